The molecule has 136 valence electrons. The summed E-state index contributed by atoms with van der Waals surface area (Å²) < 4.78 is 5.30. The van der Waals surface area contributed by atoms with Gasteiger partial charge in [0.2, 0.25) is 0 Å². The molecular formula is C20H22N2O4. The Morgan fingerprint density at radius 1 is 1.19 bits per heavy atom. The molecule has 0 amide bonds. The molecule has 1 fully saturated rings. The summed E-state index contributed by atoms with van der Waals surface area (Å²) >= 11 is 0. The van der Waals surface area contributed by atoms with Crippen LogP contribution >= 0.6 is 0 Å². The highest BCUT2D eigenvalue weighted by Gasteiger charge is 2.26. The average Bonchev–Trinajstić information content (AvgIpc) is 2.67. The van der Waals surface area contributed by atoms with Gasteiger partial charge in [-0.1, -0.05) is 12.1 Å². The van der Waals surface area contributed by atoms with Crippen LogP contribution in [0.15, 0.2) is 42.5 Å². The van der Waals surface area contributed by atoms with Crippen LogP contribution in [0.25, 0.3) is 0 Å². The molecule has 6 heteroatoms. The van der Waals surface area contributed by atoms with Gasteiger partial charge in [0.25, 0.3) is 5.69 Å². The molecule has 0 atom stereocenters. The van der Waals surface area contributed by atoms with Crippen molar-refractivity contribution in [1.82, 2.24) is 0 Å². The van der Waals surface area contributed by atoms with E-state index < -0.39 is 4.92 Å². The van der Waals surface area contributed by atoms with E-state index in [-0.39, 0.29) is 11.5 Å². The zero-order valence-electron chi connectivity index (χ0n) is 15.0. The molecule has 1 aliphatic rings. The van der Waals surface area contributed by atoms with E-state index in [1.54, 1.807) is 19.2 Å². The van der Waals surface area contributed by atoms with Gasteiger partial charge in [-0.2, -0.15) is 0 Å². The summed E-state index contributed by atoms with van der Waals surface area (Å²) in [6.45, 7) is 2.89. The minimum atomic E-state index is -0.407. The smallest absolute Gasteiger partial charge is 0.293 e. The first-order chi connectivity index (χ1) is 12.5. The number of methoxy groups -OCH3 is 1. The first kappa shape index (κ1) is 17.9. The molecule has 6 nitrogen and oxygen atoms in total. The van der Waals surface area contributed by atoms with Gasteiger partial charge in [0.15, 0.2) is 5.78 Å². The van der Waals surface area contributed by atoms with Gasteiger partial charge in [-0.05, 0) is 55.5 Å². The molecule has 0 spiro atoms. The van der Waals surface area contributed by atoms with Crippen molar-refractivity contribution in [1.29, 1.82) is 0 Å². The monoisotopic (exact) mass is 354 g/mol. The minimum absolute atomic E-state index is 0.00229. The summed E-state index contributed by atoms with van der Waals surface area (Å²) in [6.07, 6.45) is 1.83. The SMILES string of the molecule is COc1cccc(C2CCN(c3ccc(C(C)=O)cc3[N+](=O)[O-])CC2)c1. The minimum Gasteiger partial charge on any atom is -0.497 e. The molecule has 0 aromatic heterocycles. The molecule has 1 aliphatic heterocycles. The number of ketones is 1. The summed E-state index contributed by atoms with van der Waals surface area (Å²) in [4.78, 5) is 24.6. The molecule has 1 saturated heterocycles. The lowest BCUT2D eigenvalue weighted by Gasteiger charge is -2.33. The van der Waals surface area contributed by atoms with E-state index in [0.717, 1.165) is 31.7 Å². The van der Waals surface area contributed by atoms with Crippen LogP contribution in [-0.4, -0.2) is 30.9 Å². The summed E-state index contributed by atoms with van der Waals surface area (Å²) in [5.74, 6) is 1.09. The number of piperidine rings is 1. The van der Waals surface area contributed by atoms with Gasteiger partial charge in [-0.25, -0.2) is 0 Å². The highest BCUT2D eigenvalue weighted by molar-refractivity contribution is 5.95. The quantitative estimate of drug-likeness (QED) is 0.457. The van der Waals surface area contributed by atoms with E-state index in [0.29, 0.717) is 17.2 Å². The maximum absolute atomic E-state index is 11.5. The van der Waals surface area contributed by atoms with Gasteiger partial charge in [0.05, 0.1) is 12.0 Å². The third-order valence-electron chi connectivity index (χ3n) is 4.98. The molecule has 3 rings (SSSR count). The number of nitro benzene ring substituents is 1. The Hall–Kier alpha value is -2.89. The van der Waals surface area contributed by atoms with Gasteiger partial charge in [0, 0.05) is 24.7 Å². The van der Waals surface area contributed by atoms with Crippen LogP contribution < -0.4 is 9.64 Å². The summed E-state index contributed by atoms with van der Waals surface area (Å²) in [7, 11) is 1.66. The fourth-order valence-corrected chi connectivity index (χ4v) is 3.51. The normalized spacial score (nSPS) is 14.9. The number of carbonyl (C=O) groups is 1. The molecule has 0 radical (unpaired) electrons. The summed E-state index contributed by atoms with van der Waals surface area (Å²) in [5, 5.41) is 11.4. The summed E-state index contributed by atoms with van der Waals surface area (Å²) in [6, 6.07) is 12.8. The Morgan fingerprint density at radius 2 is 1.92 bits per heavy atom. The standard InChI is InChI=1S/C20H22N2O4/c1-14(23)16-6-7-19(20(13-16)22(24)25)21-10-8-15(9-11-21)17-4-3-5-18(12-17)26-2/h3-7,12-13,15H,8-11H2,1-2H3. The maximum atomic E-state index is 11.5. The van der Waals surface area contributed by atoms with E-state index >= 15 is 0 Å². The number of hydrogen-bond donors (Lipinski definition) is 0. The number of benzene rings is 2. The Labute approximate surface area is 152 Å². The highest BCUT2D eigenvalue weighted by Crippen LogP contribution is 2.36. The van der Waals surface area contributed by atoms with Gasteiger partial charge in [0.1, 0.15) is 11.4 Å². The number of ether oxygens (including phenoxy) is 1. The highest BCUT2D eigenvalue weighted by atomic mass is 16.6. The second-order valence-corrected chi connectivity index (χ2v) is 6.55. The van der Waals surface area contributed by atoms with Crippen molar-refractivity contribution in [3.8, 4) is 5.75 Å². The van der Waals surface area contributed by atoms with E-state index in [4.69, 9.17) is 4.74 Å². The first-order valence-corrected chi connectivity index (χ1v) is 8.68. The largest absolute Gasteiger partial charge is 0.497 e. The van der Waals surface area contributed by atoms with Crippen LogP contribution in [0.2, 0.25) is 0 Å². The topological polar surface area (TPSA) is 72.7 Å². The van der Waals surface area contributed by atoms with Crippen molar-refractivity contribution in [2.24, 2.45) is 0 Å². The Kier molecular flexibility index (Phi) is 5.21. The Balaban J connectivity index is 1.77. The Bertz CT molecular complexity index is 826. The number of nitro groups is 1. The van der Waals surface area contributed by atoms with E-state index in [2.05, 4.69) is 12.1 Å². The first-order valence-electron chi connectivity index (χ1n) is 8.68. The molecule has 0 unspecified atom stereocenters. The number of carbonyl (C=O) groups excluding carboxylic acids is 1. The zero-order valence-corrected chi connectivity index (χ0v) is 15.0. The lowest BCUT2D eigenvalue weighted by Crippen LogP contribution is -2.33. The van der Waals surface area contributed by atoms with Gasteiger partial charge in [-0.15, -0.1) is 0 Å². The maximum Gasteiger partial charge on any atom is 0.293 e. The number of Topliss-reactive ketones (excluding diaryl/α,β-unsaturated/α-hetero) is 1. The molecule has 0 saturated carbocycles. The average molecular weight is 354 g/mol. The molecule has 0 N–H and O–H groups in total. The third kappa shape index (κ3) is 3.69. The fourth-order valence-electron chi connectivity index (χ4n) is 3.51. The zero-order chi connectivity index (χ0) is 18.7. The third-order valence-corrected chi connectivity index (χ3v) is 4.98. The van der Waals surface area contributed by atoms with E-state index in [1.807, 2.05) is 17.0 Å². The molecular weight excluding hydrogens is 332 g/mol. The van der Waals surface area contributed by atoms with Crippen molar-refractivity contribution in [3.63, 3.8) is 0 Å². The van der Waals surface area contributed by atoms with Crippen molar-refractivity contribution >= 4 is 17.2 Å². The summed E-state index contributed by atoms with van der Waals surface area (Å²) in [5.41, 5.74) is 2.19. The van der Waals surface area contributed by atoms with Crippen LogP contribution in [0.3, 0.4) is 0 Å². The Morgan fingerprint density at radius 3 is 2.54 bits per heavy atom. The van der Waals surface area contributed by atoms with Gasteiger partial charge < -0.3 is 9.64 Å². The van der Waals surface area contributed by atoms with Gasteiger partial charge in [-0.3, -0.25) is 14.9 Å². The van der Waals surface area contributed by atoms with Crippen LogP contribution in [0.5, 0.6) is 5.75 Å². The molecule has 0 aliphatic carbocycles. The van der Waals surface area contributed by atoms with Crippen LogP contribution in [0, 0.1) is 10.1 Å². The van der Waals surface area contributed by atoms with E-state index in [1.165, 1.54) is 18.6 Å². The molecule has 2 aromatic rings. The fraction of sp³-hybridized carbons (Fsp3) is 0.350. The van der Waals surface area contributed by atoms with Crippen LogP contribution in [0.4, 0.5) is 11.4 Å². The van der Waals surface area contributed by atoms with Crippen molar-refractivity contribution in [2.45, 2.75) is 25.7 Å². The second kappa shape index (κ2) is 7.56. The lowest BCUT2D eigenvalue weighted by atomic mass is 9.89. The van der Waals surface area contributed by atoms with Crippen molar-refractivity contribution in [2.75, 3.05) is 25.1 Å². The predicted octanol–water partition coefficient (Wildman–Crippen LogP) is 4.19. The van der Waals surface area contributed by atoms with Crippen LogP contribution in [0.1, 0.15) is 41.6 Å². The second-order valence-electron chi connectivity index (χ2n) is 6.55. The van der Waals surface area contributed by atoms with Gasteiger partial charge >= 0.3 is 0 Å². The van der Waals surface area contributed by atoms with Crippen molar-refractivity contribution < 1.29 is 14.5 Å². The molecule has 0 bridgehead atoms. The number of nitrogens with zero attached hydrogens (tertiary/aromatic N) is 2. The number of anilines is 1. The number of rotatable bonds is 5. The van der Waals surface area contributed by atoms with E-state index in [9.17, 15) is 14.9 Å². The molecule has 2 aromatic carbocycles. The predicted molar refractivity (Wildman–Crippen MR) is 100 cm³/mol. The molecule has 1 heterocycles. The number of hydrogen-bond acceptors (Lipinski definition) is 5. The van der Waals surface area contributed by atoms with Crippen molar-refractivity contribution in [3.05, 3.63) is 63.7 Å². The molecule has 26 heavy (non-hydrogen) atoms. The lowest BCUT2D eigenvalue weighted by molar-refractivity contribution is -0.384. The van der Waals surface area contributed by atoms with Crippen LogP contribution in [-0.2, 0) is 0 Å².